The van der Waals surface area contributed by atoms with Crippen LogP contribution in [0.15, 0.2) is 48.5 Å². The highest BCUT2D eigenvalue weighted by Gasteiger charge is 2.25. The summed E-state index contributed by atoms with van der Waals surface area (Å²) in [5, 5.41) is 5.70. The molecule has 1 aliphatic carbocycles. The number of carbonyl (C=O) groups is 2. The van der Waals surface area contributed by atoms with E-state index in [0.29, 0.717) is 29.3 Å². The van der Waals surface area contributed by atoms with E-state index in [0.717, 1.165) is 19.3 Å². The summed E-state index contributed by atoms with van der Waals surface area (Å²) in [7, 11) is 1.54. The number of para-hydroxylation sites is 2. The maximum absolute atomic E-state index is 12.5. The van der Waals surface area contributed by atoms with Crippen molar-refractivity contribution in [1.29, 1.82) is 0 Å². The molecule has 154 valence electrons. The quantitative estimate of drug-likeness (QED) is 0.666. The predicted octanol–water partition coefficient (Wildman–Crippen LogP) is 3.17. The monoisotopic (exact) mass is 397 g/mol. The molecule has 29 heavy (non-hydrogen) atoms. The van der Waals surface area contributed by atoms with Gasteiger partial charge in [-0.05, 0) is 49.6 Å². The number of nitrogens with one attached hydrogen (secondary N) is 2. The van der Waals surface area contributed by atoms with E-state index >= 15 is 0 Å². The summed E-state index contributed by atoms with van der Waals surface area (Å²) in [6, 6.07) is 14.3. The standard InChI is InChI=1S/C22H27N3O4/c1-28-19-10-2-3-11-20(19)29-14-21(26)24-17-8-5-9-18(13-17)25-22(27)15-6-4-7-16(23)12-15/h2-3,5,8-11,13,15-16H,4,6-7,12,14,23H2,1H3,(H,24,26)(H,25,27). The number of anilines is 2. The molecule has 1 aliphatic rings. The zero-order valence-corrected chi connectivity index (χ0v) is 16.5. The number of benzene rings is 2. The van der Waals surface area contributed by atoms with Gasteiger partial charge < -0.3 is 25.8 Å². The first-order chi connectivity index (χ1) is 14.0. The number of hydrogen-bond donors (Lipinski definition) is 3. The smallest absolute Gasteiger partial charge is 0.262 e. The summed E-state index contributed by atoms with van der Waals surface area (Å²) in [5.41, 5.74) is 7.19. The molecule has 2 amide bonds. The second kappa shape index (κ2) is 9.93. The molecule has 2 atom stereocenters. The van der Waals surface area contributed by atoms with Crippen molar-refractivity contribution in [2.75, 3.05) is 24.4 Å². The van der Waals surface area contributed by atoms with Crippen LogP contribution in [0.4, 0.5) is 11.4 Å². The maximum atomic E-state index is 12.5. The first-order valence-corrected chi connectivity index (χ1v) is 9.77. The summed E-state index contributed by atoms with van der Waals surface area (Å²) in [5.74, 6) is 0.663. The minimum Gasteiger partial charge on any atom is -0.493 e. The van der Waals surface area contributed by atoms with E-state index in [4.69, 9.17) is 15.2 Å². The second-order valence-corrected chi connectivity index (χ2v) is 7.18. The van der Waals surface area contributed by atoms with Gasteiger partial charge >= 0.3 is 0 Å². The lowest BCUT2D eigenvalue weighted by molar-refractivity contribution is -0.121. The molecule has 2 aromatic carbocycles. The largest absolute Gasteiger partial charge is 0.493 e. The van der Waals surface area contributed by atoms with Gasteiger partial charge in [-0.2, -0.15) is 0 Å². The number of methoxy groups -OCH3 is 1. The van der Waals surface area contributed by atoms with E-state index in [1.54, 1.807) is 49.6 Å². The van der Waals surface area contributed by atoms with Crippen LogP contribution >= 0.6 is 0 Å². The van der Waals surface area contributed by atoms with Gasteiger partial charge in [0, 0.05) is 23.3 Å². The molecule has 7 nitrogen and oxygen atoms in total. The van der Waals surface area contributed by atoms with Crippen LogP contribution < -0.4 is 25.8 Å². The Balaban J connectivity index is 1.53. The lowest BCUT2D eigenvalue weighted by Crippen LogP contribution is -2.34. The van der Waals surface area contributed by atoms with Crippen LogP contribution in [0.1, 0.15) is 25.7 Å². The summed E-state index contributed by atoms with van der Waals surface area (Å²) >= 11 is 0. The van der Waals surface area contributed by atoms with Crippen molar-refractivity contribution in [2.45, 2.75) is 31.7 Å². The van der Waals surface area contributed by atoms with Gasteiger partial charge in [-0.15, -0.1) is 0 Å². The SMILES string of the molecule is COc1ccccc1OCC(=O)Nc1cccc(NC(=O)C2CCCC(N)C2)c1. The Hall–Kier alpha value is -3.06. The third-order valence-electron chi connectivity index (χ3n) is 4.93. The van der Waals surface area contributed by atoms with Crippen molar-refractivity contribution in [3.63, 3.8) is 0 Å². The Bertz CT molecular complexity index is 855. The van der Waals surface area contributed by atoms with Crippen molar-refractivity contribution in [2.24, 2.45) is 11.7 Å². The Kier molecular flexibility index (Phi) is 7.08. The van der Waals surface area contributed by atoms with E-state index in [1.165, 1.54) is 0 Å². The molecular weight excluding hydrogens is 370 g/mol. The maximum Gasteiger partial charge on any atom is 0.262 e. The van der Waals surface area contributed by atoms with Gasteiger partial charge in [-0.25, -0.2) is 0 Å². The molecule has 0 spiro atoms. The van der Waals surface area contributed by atoms with E-state index in [1.807, 2.05) is 6.07 Å². The molecule has 0 aromatic heterocycles. The number of hydrogen-bond acceptors (Lipinski definition) is 5. The Labute approximate surface area is 170 Å². The van der Waals surface area contributed by atoms with Crippen molar-refractivity contribution in [3.8, 4) is 11.5 Å². The number of amides is 2. The zero-order chi connectivity index (χ0) is 20.6. The predicted molar refractivity (Wildman–Crippen MR) is 112 cm³/mol. The van der Waals surface area contributed by atoms with Crippen molar-refractivity contribution in [3.05, 3.63) is 48.5 Å². The molecule has 1 saturated carbocycles. The third-order valence-corrected chi connectivity index (χ3v) is 4.93. The molecule has 4 N–H and O–H groups in total. The molecule has 7 heteroatoms. The van der Waals surface area contributed by atoms with E-state index in [-0.39, 0.29) is 30.4 Å². The van der Waals surface area contributed by atoms with Gasteiger partial charge in [0.25, 0.3) is 5.91 Å². The second-order valence-electron chi connectivity index (χ2n) is 7.18. The summed E-state index contributed by atoms with van der Waals surface area (Å²) in [6.07, 6.45) is 3.52. The number of nitrogens with two attached hydrogens (primary N) is 1. The van der Waals surface area contributed by atoms with Gasteiger partial charge in [0.05, 0.1) is 7.11 Å². The molecule has 0 radical (unpaired) electrons. The zero-order valence-electron chi connectivity index (χ0n) is 16.5. The lowest BCUT2D eigenvalue weighted by Gasteiger charge is -2.25. The number of ether oxygens (including phenoxy) is 2. The van der Waals surface area contributed by atoms with Crippen LogP contribution in [0.2, 0.25) is 0 Å². The van der Waals surface area contributed by atoms with Gasteiger partial charge in [0.15, 0.2) is 18.1 Å². The van der Waals surface area contributed by atoms with Crippen molar-refractivity contribution in [1.82, 2.24) is 0 Å². The van der Waals surface area contributed by atoms with Gasteiger partial charge in [0.2, 0.25) is 5.91 Å². The highest BCUT2D eigenvalue weighted by Crippen LogP contribution is 2.26. The Morgan fingerprint density at radius 2 is 1.76 bits per heavy atom. The topological polar surface area (TPSA) is 103 Å². The van der Waals surface area contributed by atoms with Crippen LogP contribution in [-0.4, -0.2) is 31.6 Å². The normalized spacial score (nSPS) is 18.6. The fourth-order valence-electron chi connectivity index (χ4n) is 3.46. The first kappa shape index (κ1) is 20.7. The average Bonchev–Trinajstić information content (AvgIpc) is 2.72. The molecule has 0 saturated heterocycles. The minimum atomic E-state index is -0.308. The minimum absolute atomic E-state index is 0.0249. The Morgan fingerprint density at radius 1 is 1.03 bits per heavy atom. The highest BCUT2D eigenvalue weighted by atomic mass is 16.5. The van der Waals surface area contributed by atoms with Crippen LogP contribution in [0.3, 0.4) is 0 Å². The fraction of sp³-hybridized carbons (Fsp3) is 0.364. The third kappa shape index (κ3) is 5.96. The molecular formula is C22H27N3O4. The number of carbonyl (C=O) groups excluding carboxylic acids is 2. The van der Waals surface area contributed by atoms with Crippen LogP contribution in [0.5, 0.6) is 11.5 Å². The fourth-order valence-corrected chi connectivity index (χ4v) is 3.46. The van der Waals surface area contributed by atoms with E-state index in [2.05, 4.69) is 10.6 Å². The molecule has 1 fully saturated rings. The van der Waals surface area contributed by atoms with E-state index in [9.17, 15) is 9.59 Å². The number of rotatable bonds is 7. The summed E-state index contributed by atoms with van der Waals surface area (Å²) in [6.45, 7) is -0.156. The van der Waals surface area contributed by atoms with Crippen molar-refractivity contribution < 1.29 is 19.1 Å². The molecule has 3 rings (SSSR count). The lowest BCUT2D eigenvalue weighted by atomic mass is 9.85. The van der Waals surface area contributed by atoms with Gasteiger partial charge in [-0.1, -0.05) is 24.6 Å². The van der Waals surface area contributed by atoms with Crippen LogP contribution in [-0.2, 0) is 9.59 Å². The Morgan fingerprint density at radius 3 is 2.48 bits per heavy atom. The summed E-state index contributed by atoms with van der Waals surface area (Å²) < 4.78 is 10.7. The molecule has 0 heterocycles. The highest BCUT2D eigenvalue weighted by molar-refractivity contribution is 5.95. The van der Waals surface area contributed by atoms with E-state index < -0.39 is 0 Å². The van der Waals surface area contributed by atoms with Gasteiger partial charge in [-0.3, -0.25) is 9.59 Å². The van der Waals surface area contributed by atoms with Crippen molar-refractivity contribution >= 4 is 23.2 Å². The summed E-state index contributed by atoms with van der Waals surface area (Å²) in [4.78, 5) is 24.7. The van der Waals surface area contributed by atoms with Gasteiger partial charge in [0.1, 0.15) is 0 Å². The molecule has 2 aromatic rings. The van der Waals surface area contributed by atoms with Crippen LogP contribution in [0, 0.1) is 5.92 Å². The van der Waals surface area contributed by atoms with Crippen LogP contribution in [0.25, 0.3) is 0 Å². The molecule has 2 unspecified atom stereocenters. The molecule has 0 bridgehead atoms. The first-order valence-electron chi connectivity index (χ1n) is 9.77. The average molecular weight is 397 g/mol. The molecule has 0 aliphatic heterocycles.